The molecule has 0 spiro atoms. The molecule has 0 aliphatic carbocycles. The second-order valence-corrected chi connectivity index (χ2v) is 7.25. The summed E-state index contributed by atoms with van der Waals surface area (Å²) in [5.74, 6) is -0.175. The van der Waals surface area contributed by atoms with Crippen LogP contribution < -0.4 is 10.2 Å². The summed E-state index contributed by atoms with van der Waals surface area (Å²) in [6, 6.07) is 16.7. The lowest BCUT2D eigenvalue weighted by atomic mass is 10.1. The van der Waals surface area contributed by atoms with E-state index in [1.165, 1.54) is 0 Å². The number of anilines is 2. The minimum atomic E-state index is -0.325. The van der Waals surface area contributed by atoms with Gasteiger partial charge in [0.25, 0.3) is 5.91 Å². The molecule has 28 heavy (non-hydrogen) atoms. The van der Waals surface area contributed by atoms with Crippen molar-refractivity contribution >= 4 is 35.3 Å². The Hall–Kier alpha value is -3.13. The summed E-state index contributed by atoms with van der Waals surface area (Å²) in [5, 5.41) is 10.5. The van der Waals surface area contributed by atoms with Crippen LogP contribution >= 0.6 is 11.8 Å². The van der Waals surface area contributed by atoms with Gasteiger partial charge in [-0.2, -0.15) is 0 Å². The van der Waals surface area contributed by atoms with Gasteiger partial charge in [-0.05, 0) is 42.7 Å². The van der Waals surface area contributed by atoms with E-state index in [1.54, 1.807) is 40.9 Å². The topological polar surface area (TPSA) is 88.3 Å². The van der Waals surface area contributed by atoms with Crippen molar-refractivity contribution in [1.82, 2.24) is 10.2 Å². The Balaban J connectivity index is 1.44. The summed E-state index contributed by atoms with van der Waals surface area (Å²) in [7, 11) is 0. The fourth-order valence-electron chi connectivity index (χ4n) is 3.09. The first-order valence-corrected chi connectivity index (χ1v) is 10.0. The Morgan fingerprint density at radius 1 is 1.14 bits per heavy atom. The van der Waals surface area contributed by atoms with Crippen molar-refractivity contribution in [3.63, 3.8) is 0 Å². The van der Waals surface area contributed by atoms with Gasteiger partial charge in [-0.3, -0.25) is 14.9 Å². The van der Waals surface area contributed by atoms with Crippen molar-refractivity contribution in [1.29, 1.82) is 0 Å². The first-order chi connectivity index (χ1) is 13.6. The van der Waals surface area contributed by atoms with E-state index >= 15 is 0 Å². The lowest BCUT2D eigenvalue weighted by Crippen LogP contribution is -2.24. The number of aromatic nitrogens is 2. The van der Waals surface area contributed by atoms with Crippen LogP contribution in [0.2, 0.25) is 0 Å². The monoisotopic (exact) mass is 394 g/mol. The molecule has 0 saturated carbocycles. The number of carbonyl (C=O) groups excluding carboxylic acids is 2. The average molecular weight is 394 g/mol. The van der Waals surface area contributed by atoms with Crippen molar-refractivity contribution in [2.24, 2.45) is 0 Å². The van der Waals surface area contributed by atoms with E-state index in [4.69, 9.17) is 4.42 Å². The molecule has 2 amide bonds. The molecule has 1 N–H and O–H groups in total. The Kier molecular flexibility index (Phi) is 5.12. The highest BCUT2D eigenvalue weighted by Crippen LogP contribution is 2.32. The van der Waals surface area contributed by atoms with Crippen LogP contribution in [0.15, 0.2) is 63.9 Å². The SMILES string of the molecule is CSc1ccc(N2CC(c3nnc(NC(=O)c4ccccc4)o3)CC2=O)cc1. The van der Waals surface area contributed by atoms with Gasteiger partial charge in [0.05, 0.1) is 5.92 Å². The predicted molar refractivity (Wildman–Crippen MR) is 107 cm³/mol. The van der Waals surface area contributed by atoms with Crippen LogP contribution in [-0.2, 0) is 4.79 Å². The van der Waals surface area contributed by atoms with Crippen LogP contribution in [0, 0.1) is 0 Å². The molecule has 1 unspecified atom stereocenters. The second-order valence-electron chi connectivity index (χ2n) is 6.37. The third kappa shape index (κ3) is 3.77. The number of thioether (sulfide) groups is 1. The molecule has 0 bridgehead atoms. The summed E-state index contributed by atoms with van der Waals surface area (Å²) in [4.78, 5) is 27.5. The van der Waals surface area contributed by atoms with E-state index in [1.807, 2.05) is 36.6 Å². The fraction of sp³-hybridized carbons (Fsp3) is 0.200. The minimum Gasteiger partial charge on any atom is -0.407 e. The standard InChI is InChI=1S/C20H18N4O3S/c1-28-16-9-7-15(8-10-16)24-12-14(11-17(24)25)19-22-23-20(27-19)21-18(26)13-5-3-2-4-6-13/h2-10,14H,11-12H2,1H3,(H,21,23,26). The Labute approximate surface area is 166 Å². The molecule has 2 heterocycles. The molecule has 1 saturated heterocycles. The highest BCUT2D eigenvalue weighted by molar-refractivity contribution is 7.98. The normalized spacial score (nSPS) is 16.4. The van der Waals surface area contributed by atoms with Crippen molar-refractivity contribution in [3.05, 3.63) is 66.1 Å². The Bertz CT molecular complexity index is 988. The maximum Gasteiger partial charge on any atom is 0.322 e. The third-order valence-electron chi connectivity index (χ3n) is 4.56. The maximum atomic E-state index is 12.4. The van der Waals surface area contributed by atoms with Crippen molar-refractivity contribution in [3.8, 4) is 0 Å². The van der Waals surface area contributed by atoms with E-state index in [9.17, 15) is 9.59 Å². The third-order valence-corrected chi connectivity index (χ3v) is 5.30. The summed E-state index contributed by atoms with van der Waals surface area (Å²) in [5.41, 5.74) is 1.35. The summed E-state index contributed by atoms with van der Waals surface area (Å²) >= 11 is 1.65. The summed E-state index contributed by atoms with van der Waals surface area (Å²) < 4.78 is 5.59. The Morgan fingerprint density at radius 2 is 1.89 bits per heavy atom. The highest BCUT2D eigenvalue weighted by Gasteiger charge is 2.35. The van der Waals surface area contributed by atoms with Gasteiger partial charge in [0.2, 0.25) is 11.8 Å². The molecule has 0 radical (unpaired) electrons. The molecule has 7 nitrogen and oxygen atoms in total. The first kappa shape index (κ1) is 18.2. The molecule has 1 aliphatic heterocycles. The van der Waals surface area contributed by atoms with Crippen LogP contribution in [0.4, 0.5) is 11.7 Å². The first-order valence-electron chi connectivity index (χ1n) is 8.78. The van der Waals surface area contributed by atoms with Crippen LogP contribution in [0.5, 0.6) is 0 Å². The molecular weight excluding hydrogens is 376 g/mol. The number of rotatable bonds is 5. The average Bonchev–Trinajstić information content (AvgIpc) is 3.35. The van der Waals surface area contributed by atoms with Gasteiger partial charge in [-0.1, -0.05) is 23.3 Å². The molecule has 3 aromatic rings. The van der Waals surface area contributed by atoms with Crippen LogP contribution in [-0.4, -0.2) is 34.8 Å². The molecule has 1 fully saturated rings. The summed E-state index contributed by atoms with van der Waals surface area (Å²) in [6.45, 7) is 0.464. The van der Waals surface area contributed by atoms with Gasteiger partial charge in [0.15, 0.2) is 0 Å². The van der Waals surface area contributed by atoms with E-state index in [2.05, 4.69) is 15.5 Å². The highest BCUT2D eigenvalue weighted by atomic mass is 32.2. The lowest BCUT2D eigenvalue weighted by Gasteiger charge is -2.16. The van der Waals surface area contributed by atoms with Crippen LogP contribution in [0.1, 0.15) is 28.6 Å². The van der Waals surface area contributed by atoms with Gasteiger partial charge in [0.1, 0.15) is 0 Å². The smallest absolute Gasteiger partial charge is 0.322 e. The Morgan fingerprint density at radius 3 is 2.61 bits per heavy atom. The maximum absolute atomic E-state index is 12.4. The number of amides is 2. The fourth-order valence-corrected chi connectivity index (χ4v) is 3.50. The van der Waals surface area contributed by atoms with E-state index in [0.29, 0.717) is 24.4 Å². The molecule has 1 aromatic heterocycles. The van der Waals surface area contributed by atoms with Gasteiger partial charge in [-0.15, -0.1) is 16.9 Å². The van der Waals surface area contributed by atoms with Crippen molar-refractivity contribution < 1.29 is 14.0 Å². The summed E-state index contributed by atoms with van der Waals surface area (Å²) in [6.07, 6.45) is 2.30. The van der Waals surface area contributed by atoms with Crippen molar-refractivity contribution in [2.45, 2.75) is 17.2 Å². The van der Waals surface area contributed by atoms with Crippen molar-refractivity contribution in [2.75, 3.05) is 23.0 Å². The lowest BCUT2D eigenvalue weighted by molar-refractivity contribution is -0.117. The van der Waals surface area contributed by atoms with Gasteiger partial charge in [-0.25, -0.2) is 0 Å². The molecular formula is C20H18N4O3S. The predicted octanol–water partition coefficient (Wildman–Crippen LogP) is 3.56. The molecule has 4 rings (SSSR count). The van der Waals surface area contributed by atoms with Crippen LogP contribution in [0.25, 0.3) is 0 Å². The van der Waals surface area contributed by atoms with E-state index < -0.39 is 0 Å². The van der Waals surface area contributed by atoms with E-state index in [-0.39, 0.29) is 23.7 Å². The number of nitrogens with one attached hydrogen (secondary N) is 1. The zero-order valence-electron chi connectivity index (χ0n) is 15.2. The molecule has 2 aromatic carbocycles. The van der Waals surface area contributed by atoms with Crippen LogP contribution in [0.3, 0.4) is 0 Å². The number of hydrogen-bond acceptors (Lipinski definition) is 6. The quantitative estimate of drug-likeness (QED) is 0.666. The molecule has 142 valence electrons. The molecule has 1 atom stereocenters. The second kappa shape index (κ2) is 7.85. The van der Waals surface area contributed by atoms with Gasteiger partial charge in [0, 0.05) is 29.1 Å². The number of hydrogen-bond donors (Lipinski definition) is 1. The molecule has 8 heteroatoms. The van der Waals surface area contributed by atoms with Gasteiger partial charge < -0.3 is 9.32 Å². The number of benzene rings is 2. The largest absolute Gasteiger partial charge is 0.407 e. The number of carbonyl (C=O) groups is 2. The van der Waals surface area contributed by atoms with E-state index in [0.717, 1.165) is 10.6 Å². The zero-order valence-corrected chi connectivity index (χ0v) is 16.0. The number of nitrogens with zero attached hydrogens (tertiary/aromatic N) is 3. The minimum absolute atomic E-state index is 0.00923. The zero-order chi connectivity index (χ0) is 19.5. The van der Waals surface area contributed by atoms with Gasteiger partial charge >= 0.3 is 6.01 Å². The molecule has 1 aliphatic rings.